The standard InChI is InChI=1S/C17H19F3N2O3/c1-21-10-3-5-14-13(8-16(23)24-2)12-7-11(25-17(18,19)20)4-6-15(12)22(14)9-10/h4,6-7,10,21H,3,5,8-9H2,1-2H3. The first-order chi connectivity index (χ1) is 11.8. The van der Waals surface area contributed by atoms with Crippen molar-refractivity contribution in [1.29, 1.82) is 0 Å². The summed E-state index contributed by atoms with van der Waals surface area (Å²) in [7, 11) is 3.17. The van der Waals surface area contributed by atoms with Crippen molar-refractivity contribution in [2.75, 3.05) is 14.2 Å². The van der Waals surface area contributed by atoms with Gasteiger partial charge < -0.3 is 19.4 Å². The lowest BCUT2D eigenvalue weighted by molar-refractivity contribution is -0.274. The molecule has 0 radical (unpaired) electrons. The molecule has 1 unspecified atom stereocenters. The summed E-state index contributed by atoms with van der Waals surface area (Å²) in [6.45, 7) is 0.697. The number of nitrogens with one attached hydrogen (secondary N) is 1. The lowest BCUT2D eigenvalue weighted by Crippen LogP contribution is -2.35. The van der Waals surface area contributed by atoms with Crippen molar-refractivity contribution in [3.8, 4) is 5.75 Å². The van der Waals surface area contributed by atoms with E-state index in [4.69, 9.17) is 4.74 Å². The van der Waals surface area contributed by atoms with Crippen LogP contribution >= 0.6 is 0 Å². The van der Waals surface area contributed by atoms with Crippen molar-refractivity contribution >= 4 is 16.9 Å². The number of hydrogen-bond donors (Lipinski definition) is 1. The molecule has 5 nitrogen and oxygen atoms in total. The van der Waals surface area contributed by atoms with E-state index in [1.165, 1.54) is 19.2 Å². The van der Waals surface area contributed by atoms with Crippen molar-refractivity contribution in [2.24, 2.45) is 0 Å². The van der Waals surface area contributed by atoms with Gasteiger partial charge in [0, 0.05) is 29.2 Å². The molecule has 136 valence electrons. The summed E-state index contributed by atoms with van der Waals surface area (Å²) in [5.41, 5.74) is 2.48. The Bertz CT molecular complexity index is 799. The van der Waals surface area contributed by atoms with Gasteiger partial charge in [-0.2, -0.15) is 0 Å². The van der Waals surface area contributed by atoms with Gasteiger partial charge in [0.2, 0.25) is 0 Å². The number of halogens is 3. The molecule has 0 fully saturated rings. The fourth-order valence-electron chi connectivity index (χ4n) is 3.42. The monoisotopic (exact) mass is 356 g/mol. The van der Waals surface area contributed by atoms with Gasteiger partial charge in [-0.15, -0.1) is 13.2 Å². The second-order valence-corrected chi connectivity index (χ2v) is 6.04. The lowest BCUT2D eigenvalue weighted by Gasteiger charge is -2.25. The van der Waals surface area contributed by atoms with Crippen molar-refractivity contribution in [3.63, 3.8) is 0 Å². The fourth-order valence-corrected chi connectivity index (χ4v) is 3.42. The van der Waals surface area contributed by atoms with Crippen LogP contribution in [0.25, 0.3) is 10.9 Å². The third kappa shape index (κ3) is 3.58. The Morgan fingerprint density at radius 3 is 2.80 bits per heavy atom. The maximum absolute atomic E-state index is 12.5. The van der Waals surface area contributed by atoms with Crippen LogP contribution in [0, 0.1) is 0 Å². The van der Waals surface area contributed by atoms with Crippen LogP contribution in [0.1, 0.15) is 17.7 Å². The molecule has 2 heterocycles. The van der Waals surface area contributed by atoms with E-state index in [0.29, 0.717) is 17.5 Å². The van der Waals surface area contributed by atoms with Crippen molar-refractivity contribution in [1.82, 2.24) is 9.88 Å². The van der Waals surface area contributed by atoms with Crippen molar-refractivity contribution in [2.45, 2.75) is 38.2 Å². The Labute approximate surface area is 142 Å². The largest absolute Gasteiger partial charge is 0.573 e. The molecule has 1 N–H and O–H groups in total. The number of nitrogens with zero attached hydrogens (tertiary/aromatic N) is 1. The number of methoxy groups -OCH3 is 1. The zero-order valence-corrected chi connectivity index (χ0v) is 13.9. The summed E-state index contributed by atoms with van der Waals surface area (Å²) in [5.74, 6) is -0.715. The smallest absolute Gasteiger partial charge is 0.469 e. The summed E-state index contributed by atoms with van der Waals surface area (Å²) in [4.78, 5) is 11.8. The second-order valence-electron chi connectivity index (χ2n) is 6.04. The highest BCUT2D eigenvalue weighted by atomic mass is 19.4. The Balaban J connectivity index is 2.11. The van der Waals surface area contributed by atoms with Crippen LogP contribution < -0.4 is 10.1 Å². The number of carbonyl (C=O) groups excluding carboxylic acids is 1. The van der Waals surface area contributed by atoms with Gasteiger partial charge >= 0.3 is 12.3 Å². The van der Waals surface area contributed by atoms with E-state index >= 15 is 0 Å². The Hall–Kier alpha value is -2.22. The molecule has 1 aromatic carbocycles. The third-order valence-corrected chi connectivity index (χ3v) is 4.58. The minimum absolute atomic E-state index is 0.0228. The molecule has 2 aromatic rings. The Morgan fingerprint density at radius 2 is 2.16 bits per heavy atom. The van der Waals surface area contributed by atoms with Crippen LogP contribution in [-0.4, -0.2) is 37.1 Å². The Morgan fingerprint density at radius 1 is 1.40 bits per heavy atom. The minimum Gasteiger partial charge on any atom is -0.469 e. The molecule has 8 heteroatoms. The van der Waals surface area contributed by atoms with Crippen molar-refractivity contribution < 1.29 is 27.4 Å². The van der Waals surface area contributed by atoms with Crippen LogP contribution in [0.4, 0.5) is 13.2 Å². The molecule has 1 aromatic heterocycles. The normalized spacial score (nSPS) is 17.4. The maximum Gasteiger partial charge on any atom is 0.573 e. The highest BCUT2D eigenvalue weighted by molar-refractivity contribution is 5.90. The second kappa shape index (κ2) is 6.59. The molecule has 1 aliphatic rings. The number of esters is 1. The summed E-state index contributed by atoms with van der Waals surface area (Å²) in [6.07, 6.45) is -3.10. The van der Waals surface area contributed by atoms with Crippen LogP contribution in [0.3, 0.4) is 0 Å². The highest BCUT2D eigenvalue weighted by Gasteiger charge is 2.32. The number of hydrogen-bond acceptors (Lipinski definition) is 4. The van der Waals surface area contributed by atoms with Gasteiger partial charge in [0.1, 0.15) is 5.75 Å². The van der Waals surface area contributed by atoms with E-state index < -0.39 is 12.3 Å². The summed E-state index contributed by atoms with van der Waals surface area (Å²) >= 11 is 0. The molecule has 3 rings (SSSR count). The van der Waals surface area contributed by atoms with E-state index in [-0.39, 0.29) is 18.2 Å². The van der Waals surface area contributed by atoms with Gasteiger partial charge in [0.15, 0.2) is 0 Å². The molecule has 25 heavy (non-hydrogen) atoms. The van der Waals surface area contributed by atoms with E-state index in [2.05, 4.69) is 14.6 Å². The topological polar surface area (TPSA) is 52.5 Å². The number of rotatable bonds is 4. The molecule has 0 saturated heterocycles. The molecule has 1 atom stereocenters. The average molecular weight is 356 g/mol. The van der Waals surface area contributed by atoms with Gasteiger partial charge in [-0.25, -0.2) is 0 Å². The average Bonchev–Trinajstić information content (AvgIpc) is 2.86. The van der Waals surface area contributed by atoms with Crippen molar-refractivity contribution in [3.05, 3.63) is 29.5 Å². The predicted octanol–water partition coefficient (Wildman–Crippen LogP) is 2.79. The maximum atomic E-state index is 12.5. The van der Waals surface area contributed by atoms with Gasteiger partial charge in [-0.3, -0.25) is 4.79 Å². The molecule has 0 amide bonds. The van der Waals surface area contributed by atoms with Gasteiger partial charge in [-0.1, -0.05) is 0 Å². The molecule has 0 aliphatic carbocycles. The lowest BCUT2D eigenvalue weighted by atomic mass is 10.0. The predicted molar refractivity (Wildman–Crippen MR) is 85.5 cm³/mol. The minimum atomic E-state index is -4.76. The molecule has 0 bridgehead atoms. The van der Waals surface area contributed by atoms with E-state index in [1.54, 1.807) is 6.07 Å². The summed E-state index contributed by atoms with van der Waals surface area (Å²) < 4.78 is 48.4. The fraction of sp³-hybridized carbons (Fsp3) is 0.471. The molecular formula is C17H19F3N2O3. The first-order valence-electron chi connectivity index (χ1n) is 7.96. The number of benzene rings is 1. The van der Waals surface area contributed by atoms with Gasteiger partial charge in [0.05, 0.1) is 13.5 Å². The van der Waals surface area contributed by atoms with Crippen LogP contribution in [-0.2, 0) is 28.9 Å². The van der Waals surface area contributed by atoms with Gasteiger partial charge in [-0.05, 0) is 43.7 Å². The first kappa shape index (κ1) is 17.6. The zero-order chi connectivity index (χ0) is 18.2. The van der Waals surface area contributed by atoms with Crippen LogP contribution in [0.2, 0.25) is 0 Å². The first-order valence-corrected chi connectivity index (χ1v) is 7.96. The number of likely N-dealkylation sites (N-methyl/N-ethyl adjacent to an activating group) is 1. The third-order valence-electron chi connectivity index (χ3n) is 4.58. The number of carbonyl (C=O) groups is 1. The number of aromatic nitrogens is 1. The quantitative estimate of drug-likeness (QED) is 0.856. The van der Waals surface area contributed by atoms with Crippen LogP contribution in [0.5, 0.6) is 5.75 Å². The molecule has 0 spiro atoms. The SMILES string of the molecule is CNC1CCc2c(CC(=O)OC)c3cc(OC(F)(F)F)ccc3n2C1. The summed E-state index contributed by atoms with van der Waals surface area (Å²) in [5, 5.41) is 3.82. The zero-order valence-electron chi connectivity index (χ0n) is 13.9. The Kier molecular flexibility index (Phi) is 4.64. The summed E-state index contributed by atoms with van der Waals surface area (Å²) in [6, 6.07) is 4.54. The number of ether oxygens (including phenoxy) is 2. The number of alkyl halides is 3. The highest BCUT2D eigenvalue weighted by Crippen LogP contribution is 2.35. The molecular weight excluding hydrogens is 337 g/mol. The van der Waals surface area contributed by atoms with Gasteiger partial charge in [0.25, 0.3) is 0 Å². The van der Waals surface area contributed by atoms with E-state index in [0.717, 1.165) is 24.1 Å². The van der Waals surface area contributed by atoms with E-state index in [9.17, 15) is 18.0 Å². The van der Waals surface area contributed by atoms with Crippen LogP contribution in [0.15, 0.2) is 18.2 Å². The van der Waals surface area contributed by atoms with E-state index in [1.807, 2.05) is 7.05 Å². The molecule has 0 saturated carbocycles. The number of fused-ring (bicyclic) bond motifs is 3. The molecule has 1 aliphatic heterocycles.